The quantitative estimate of drug-likeness (QED) is 0.428. The highest BCUT2D eigenvalue weighted by molar-refractivity contribution is 5.95. The Balaban J connectivity index is 1.61. The second kappa shape index (κ2) is 8.88. The summed E-state index contributed by atoms with van der Waals surface area (Å²) in [4.78, 5) is 13.6. The first-order valence-electron chi connectivity index (χ1n) is 10.7. The summed E-state index contributed by atoms with van der Waals surface area (Å²) in [6, 6.07) is 14.4. The normalized spacial score (nSPS) is 11.3. The number of hydrogen-bond donors (Lipinski definition) is 2. The van der Waals surface area contributed by atoms with E-state index in [0.29, 0.717) is 5.95 Å². The molecule has 0 radical (unpaired) electrons. The van der Waals surface area contributed by atoms with Crippen LogP contribution in [0.25, 0.3) is 22.2 Å². The molecule has 0 bridgehead atoms. The van der Waals surface area contributed by atoms with E-state index in [1.807, 2.05) is 18.2 Å². The average Bonchev–Trinajstić information content (AvgIpc) is 3.11. The average molecular weight is 430 g/mol. The molecule has 2 heterocycles. The molecular formula is C25H31N7. The number of fused-ring (bicyclic) bond motifs is 1. The lowest BCUT2D eigenvalue weighted by Gasteiger charge is -2.24. The zero-order valence-electron chi connectivity index (χ0n) is 19.4. The van der Waals surface area contributed by atoms with Gasteiger partial charge in [0.2, 0.25) is 5.95 Å². The van der Waals surface area contributed by atoms with Gasteiger partial charge in [0.25, 0.3) is 0 Å². The summed E-state index contributed by atoms with van der Waals surface area (Å²) in [5.41, 5.74) is 13.3. The molecule has 0 saturated heterocycles. The van der Waals surface area contributed by atoms with Crippen molar-refractivity contribution in [1.82, 2.24) is 19.4 Å². The predicted octanol–water partition coefficient (Wildman–Crippen LogP) is 4.27. The molecule has 2 aromatic heterocycles. The fraction of sp³-hybridized carbons (Fsp3) is 0.280. The van der Waals surface area contributed by atoms with E-state index in [1.54, 1.807) is 6.20 Å². The zero-order chi connectivity index (χ0) is 22.8. The van der Waals surface area contributed by atoms with Crippen LogP contribution in [-0.4, -0.2) is 53.7 Å². The maximum atomic E-state index is 6.40. The van der Waals surface area contributed by atoms with Crippen LogP contribution in [0.15, 0.2) is 54.9 Å². The van der Waals surface area contributed by atoms with E-state index in [2.05, 4.69) is 90.2 Å². The number of hydrogen-bond acceptors (Lipinski definition) is 6. The van der Waals surface area contributed by atoms with Gasteiger partial charge in [-0.2, -0.15) is 0 Å². The SMILES string of the molecule is Cc1cc(N(C)CCN(C)C)c(N)cc1Nc1nccc(-c2cn(C)c3ccccc23)n1. The number of nitrogen functional groups attached to an aromatic ring is 1. The number of para-hydroxylation sites is 1. The molecular weight excluding hydrogens is 398 g/mol. The molecule has 7 heteroatoms. The van der Waals surface area contributed by atoms with Gasteiger partial charge in [0.05, 0.1) is 17.1 Å². The summed E-state index contributed by atoms with van der Waals surface area (Å²) in [6.07, 6.45) is 3.90. The van der Waals surface area contributed by atoms with Gasteiger partial charge in [0.15, 0.2) is 0 Å². The number of aryl methyl sites for hydroxylation is 2. The fourth-order valence-electron chi connectivity index (χ4n) is 3.88. The smallest absolute Gasteiger partial charge is 0.227 e. The molecule has 0 fully saturated rings. The number of nitrogens with two attached hydrogens (primary N) is 1. The molecule has 4 aromatic rings. The van der Waals surface area contributed by atoms with E-state index in [0.717, 1.165) is 47.0 Å². The van der Waals surface area contributed by atoms with E-state index in [9.17, 15) is 0 Å². The van der Waals surface area contributed by atoms with E-state index in [1.165, 1.54) is 10.9 Å². The number of anilines is 4. The van der Waals surface area contributed by atoms with Crippen LogP contribution in [0.3, 0.4) is 0 Å². The van der Waals surface area contributed by atoms with E-state index >= 15 is 0 Å². The number of likely N-dealkylation sites (N-methyl/N-ethyl adjacent to an activating group) is 2. The lowest BCUT2D eigenvalue weighted by atomic mass is 10.1. The molecule has 0 atom stereocenters. The molecule has 2 aromatic carbocycles. The van der Waals surface area contributed by atoms with Crippen LogP contribution in [0.4, 0.5) is 23.0 Å². The molecule has 0 amide bonds. The molecule has 166 valence electrons. The second-order valence-corrected chi connectivity index (χ2v) is 8.51. The minimum atomic E-state index is 0.548. The van der Waals surface area contributed by atoms with Crippen molar-refractivity contribution in [2.45, 2.75) is 6.92 Å². The lowest BCUT2D eigenvalue weighted by molar-refractivity contribution is 0.416. The van der Waals surface area contributed by atoms with Gasteiger partial charge < -0.3 is 25.4 Å². The third kappa shape index (κ3) is 4.38. The maximum absolute atomic E-state index is 6.40. The zero-order valence-corrected chi connectivity index (χ0v) is 19.4. The lowest BCUT2D eigenvalue weighted by Crippen LogP contribution is -2.29. The first-order valence-corrected chi connectivity index (χ1v) is 10.7. The Morgan fingerprint density at radius 2 is 1.84 bits per heavy atom. The van der Waals surface area contributed by atoms with E-state index in [-0.39, 0.29) is 0 Å². The van der Waals surface area contributed by atoms with Crippen molar-refractivity contribution >= 4 is 33.9 Å². The first-order chi connectivity index (χ1) is 15.3. The van der Waals surface area contributed by atoms with Crippen LogP contribution in [0.1, 0.15) is 5.56 Å². The first kappa shape index (κ1) is 21.6. The second-order valence-electron chi connectivity index (χ2n) is 8.51. The van der Waals surface area contributed by atoms with Gasteiger partial charge in [-0.1, -0.05) is 18.2 Å². The molecule has 7 nitrogen and oxygen atoms in total. The number of aromatic nitrogens is 3. The van der Waals surface area contributed by atoms with Crippen molar-refractivity contribution < 1.29 is 0 Å². The van der Waals surface area contributed by atoms with Gasteiger partial charge >= 0.3 is 0 Å². The Kier molecular flexibility index (Phi) is 6.01. The van der Waals surface area contributed by atoms with E-state index in [4.69, 9.17) is 10.7 Å². The van der Waals surface area contributed by atoms with Crippen molar-refractivity contribution in [3.05, 3.63) is 60.4 Å². The van der Waals surface area contributed by atoms with Crippen LogP contribution in [0.2, 0.25) is 0 Å². The van der Waals surface area contributed by atoms with Gasteiger partial charge in [0.1, 0.15) is 0 Å². The third-order valence-corrected chi connectivity index (χ3v) is 5.74. The minimum Gasteiger partial charge on any atom is -0.397 e. The standard InChI is InChI=1S/C25H31N7/c1-17-14-24(31(4)13-12-30(2)3)20(26)15-22(17)29-25-27-11-10-21(28-25)19-16-32(5)23-9-7-6-8-18(19)23/h6-11,14-16H,12-13,26H2,1-5H3,(H,27,28,29). The molecule has 0 aliphatic rings. The van der Waals surface area contributed by atoms with E-state index < -0.39 is 0 Å². The van der Waals surface area contributed by atoms with Gasteiger partial charge in [-0.25, -0.2) is 9.97 Å². The Bertz CT molecular complexity index is 1240. The molecule has 0 spiro atoms. The Hall–Kier alpha value is -3.58. The van der Waals surface area contributed by atoms with Crippen molar-refractivity contribution in [2.24, 2.45) is 7.05 Å². The highest BCUT2D eigenvalue weighted by atomic mass is 15.2. The summed E-state index contributed by atoms with van der Waals surface area (Å²) in [5, 5.41) is 4.53. The van der Waals surface area contributed by atoms with Crippen LogP contribution in [0, 0.1) is 6.92 Å². The van der Waals surface area contributed by atoms with Gasteiger partial charge in [-0.15, -0.1) is 0 Å². The Morgan fingerprint density at radius 1 is 1.06 bits per heavy atom. The van der Waals surface area contributed by atoms with Crippen molar-refractivity contribution in [2.75, 3.05) is 50.2 Å². The van der Waals surface area contributed by atoms with Crippen LogP contribution >= 0.6 is 0 Å². The monoisotopic (exact) mass is 429 g/mol. The Labute approximate surface area is 189 Å². The summed E-state index contributed by atoms with van der Waals surface area (Å²) >= 11 is 0. The topological polar surface area (TPSA) is 75.2 Å². The van der Waals surface area contributed by atoms with Crippen LogP contribution in [-0.2, 0) is 7.05 Å². The van der Waals surface area contributed by atoms with Crippen molar-refractivity contribution in [1.29, 1.82) is 0 Å². The number of nitrogens with one attached hydrogen (secondary N) is 1. The summed E-state index contributed by atoms with van der Waals surface area (Å²) in [5.74, 6) is 0.548. The summed E-state index contributed by atoms with van der Waals surface area (Å²) < 4.78 is 2.12. The minimum absolute atomic E-state index is 0.548. The van der Waals surface area contributed by atoms with Crippen molar-refractivity contribution in [3.63, 3.8) is 0 Å². The third-order valence-electron chi connectivity index (χ3n) is 5.74. The highest BCUT2D eigenvalue weighted by Crippen LogP contribution is 2.32. The summed E-state index contributed by atoms with van der Waals surface area (Å²) in [7, 11) is 8.26. The predicted molar refractivity (Wildman–Crippen MR) is 135 cm³/mol. The number of nitrogens with zero attached hydrogens (tertiary/aromatic N) is 5. The molecule has 0 aliphatic carbocycles. The molecule has 4 rings (SSSR count). The van der Waals surface area contributed by atoms with Gasteiger partial charge in [0, 0.05) is 61.7 Å². The number of rotatable bonds is 7. The fourth-order valence-corrected chi connectivity index (χ4v) is 3.88. The van der Waals surface area contributed by atoms with Crippen molar-refractivity contribution in [3.8, 4) is 11.3 Å². The molecule has 3 N–H and O–H groups in total. The Morgan fingerprint density at radius 3 is 2.62 bits per heavy atom. The molecule has 0 unspecified atom stereocenters. The highest BCUT2D eigenvalue weighted by Gasteiger charge is 2.13. The molecule has 32 heavy (non-hydrogen) atoms. The van der Waals surface area contributed by atoms with Crippen LogP contribution < -0.4 is 16.0 Å². The largest absolute Gasteiger partial charge is 0.397 e. The molecule has 0 aliphatic heterocycles. The maximum Gasteiger partial charge on any atom is 0.227 e. The number of benzene rings is 2. The van der Waals surface area contributed by atoms with Gasteiger partial charge in [-0.05, 0) is 50.8 Å². The van der Waals surface area contributed by atoms with Crippen LogP contribution in [0.5, 0.6) is 0 Å². The van der Waals surface area contributed by atoms with Gasteiger partial charge in [-0.3, -0.25) is 0 Å². The summed E-state index contributed by atoms with van der Waals surface area (Å²) in [6.45, 7) is 3.93. The molecule has 0 saturated carbocycles.